The normalized spacial score (nSPS) is 11.5. The Bertz CT molecular complexity index is 450. The van der Waals surface area contributed by atoms with Crippen molar-refractivity contribution in [2.75, 3.05) is 13.7 Å². The molecule has 0 heterocycles. The molecule has 19 heavy (non-hydrogen) atoms. The summed E-state index contributed by atoms with van der Waals surface area (Å²) in [6.45, 7) is -0.0779. The van der Waals surface area contributed by atoms with Crippen LogP contribution in [0.4, 0.5) is 4.79 Å². The van der Waals surface area contributed by atoms with E-state index in [9.17, 15) is 9.59 Å². The van der Waals surface area contributed by atoms with Gasteiger partial charge in [-0.05, 0) is 17.7 Å². The van der Waals surface area contributed by atoms with Gasteiger partial charge in [0, 0.05) is 6.54 Å². The van der Waals surface area contributed by atoms with Gasteiger partial charge in [-0.15, -0.1) is 0 Å². The van der Waals surface area contributed by atoms with Gasteiger partial charge in [0.05, 0.1) is 13.7 Å². The van der Waals surface area contributed by atoms with Crippen molar-refractivity contribution < 1.29 is 24.5 Å². The molecule has 0 saturated carbocycles. The van der Waals surface area contributed by atoms with E-state index in [2.05, 4.69) is 10.6 Å². The van der Waals surface area contributed by atoms with Crippen molar-refractivity contribution in [1.29, 1.82) is 0 Å². The molecule has 7 nitrogen and oxygen atoms in total. The average Bonchev–Trinajstić information content (AvgIpc) is 2.42. The molecule has 0 aliphatic heterocycles. The molecule has 4 N–H and O–H groups in total. The zero-order chi connectivity index (χ0) is 14.3. The minimum absolute atomic E-state index is 0.270. The van der Waals surface area contributed by atoms with Gasteiger partial charge in [-0.1, -0.05) is 12.1 Å². The molecule has 104 valence electrons. The maximum Gasteiger partial charge on any atom is 0.334 e. The number of hydrogen-bond acceptors (Lipinski definition) is 4. The first-order valence-corrected chi connectivity index (χ1v) is 5.58. The quantitative estimate of drug-likeness (QED) is 0.578. The van der Waals surface area contributed by atoms with Crippen LogP contribution in [0.1, 0.15) is 5.56 Å². The minimum Gasteiger partial charge on any atom is -0.497 e. The third-order valence-corrected chi connectivity index (χ3v) is 2.33. The molecule has 0 aliphatic carbocycles. The van der Waals surface area contributed by atoms with Gasteiger partial charge in [0.1, 0.15) is 5.75 Å². The highest BCUT2D eigenvalue weighted by Gasteiger charge is 2.13. The van der Waals surface area contributed by atoms with Crippen molar-refractivity contribution in [2.24, 2.45) is 0 Å². The van der Waals surface area contributed by atoms with Gasteiger partial charge < -0.3 is 25.6 Å². The standard InChI is InChI=1S/C12H16N2O5/c1-19-9-4-2-3-8(5-9)6-13-12(18)14-7-10(15)11(16)17/h2-5,10,15H,6-7H2,1H3,(H,16,17)(H2,13,14,18)/t10-/m0/s1. The predicted molar refractivity (Wildman–Crippen MR) is 66.9 cm³/mol. The van der Waals surface area contributed by atoms with Crippen molar-refractivity contribution in [3.63, 3.8) is 0 Å². The van der Waals surface area contributed by atoms with Crippen molar-refractivity contribution in [3.05, 3.63) is 29.8 Å². The lowest BCUT2D eigenvalue weighted by molar-refractivity contribution is -0.146. The Labute approximate surface area is 110 Å². The summed E-state index contributed by atoms with van der Waals surface area (Å²) < 4.78 is 5.04. The van der Waals surface area contributed by atoms with Gasteiger partial charge in [0.25, 0.3) is 0 Å². The second kappa shape index (κ2) is 7.22. The molecular weight excluding hydrogens is 252 g/mol. The van der Waals surface area contributed by atoms with Crippen LogP contribution < -0.4 is 15.4 Å². The van der Waals surface area contributed by atoms with Crippen LogP contribution in [0.2, 0.25) is 0 Å². The Kier molecular flexibility index (Phi) is 5.62. The number of urea groups is 1. The lowest BCUT2D eigenvalue weighted by Crippen LogP contribution is -2.41. The van der Waals surface area contributed by atoms with Crippen LogP contribution in [0.5, 0.6) is 5.75 Å². The summed E-state index contributed by atoms with van der Waals surface area (Å²) in [4.78, 5) is 21.7. The van der Waals surface area contributed by atoms with Gasteiger partial charge in [-0.25, -0.2) is 9.59 Å². The lowest BCUT2D eigenvalue weighted by atomic mass is 10.2. The zero-order valence-electron chi connectivity index (χ0n) is 10.4. The van der Waals surface area contributed by atoms with Gasteiger partial charge in [-0.3, -0.25) is 0 Å². The van der Waals surface area contributed by atoms with Crippen LogP contribution in [0, 0.1) is 0 Å². The van der Waals surface area contributed by atoms with Gasteiger partial charge in [0.15, 0.2) is 6.10 Å². The second-order valence-corrected chi connectivity index (χ2v) is 3.77. The number of carbonyl (C=O) groups is 2. The van der Waals surface area contributed by atoms with E-state index in [1.54, 1.807) is 25.3 Å². The number of carbonyl (C=O) groups excluding carboxylic acids is 1. The van der Waals surface area contributed by atoms with E-state index in [0.29, 0.717) is 5.75 Å². The number of amides is 2. The largest absolute Gasteiger partial charge is 0.497 e. The minimum atomic E-state index is -1.61. The Morgan fingerprint density at radius 1 is 1.37 bits per heavy atom. The molecule has 0 unspecified atom stereocenters. The number of aliphatic carboxylic acids is 1. The Morgan fingerprint density at radius 2 is 2.11 bits per heavy atom. The zero-order valence-corrected chi connectivity index (χ0v) is 10.4. The molecule has 1 rings (SSSR count). The third-order valence-electron chi connectivity index (χ3n) is 2.33. The van der Waals surface area contributed by atoms with E-state index in [0.717, 1.165) is 5.56 Å². The van der Waals surface area contributed by atoms with Gasteiger partial charge in [-0.2, -0.15) is 0 Å². The van der Waals surface area contributed by atoms with Crippen LogP contribution in [-0.4, -0.2) is 42.0 Å². The maximum atomic E-state index is 11.3. The fraction of sp³-hybridized carbons (Fsp3) is 0.333. The second-order valence-electron chi connectivity index (χ2n) is 3.77. The summed E-state index contributed by atoms with van der Waals surface area (Å²) in [5.41, 5.74) is 0.841. The van der Waals surface area contributed by atoms with E-state index in [1.165, 1.54) is 0 Å². The van der Waals surface area contributed by atoms with E-state index in [1.807, 2.05) is 6.07 Å². The SMILES string of the molecule is COc1cccc(CNC(=O)NC[C@H](O)C(=O)O)c1. The summed E-state index contributed by atoms with van der Waals surface area (Å²) >= 11 is 0. The molecule has 2 amide bonds. The first-order chi connectivity index (χ1) is 9.02. The van der Waals surface area contributed by atoms with E-state index in [-0.39, 0.29) is 13.1 Å². The number of benzene rings is 1. The molecule has 1 aromatic carbocycles. The van der Waals surface area contributed by atoms with Crippen LogP contribution in [0.15, 0.2) is 24.3 Å². The molecule has 0 aliphatic rings. The third kappa shape index (κ3) is 5.26. The number of aliphatic hydroxyl groups is 1. The molecule has 0 bridgehead atoms. The van der Waals surface area contributed by atoms with Crippen LogP contribution >= 0.6 is 0 Å². The van der Waals surface area contributed by atoms with E-state index in [4.69, 9.17) is 14.9 Å². The molecule has 0 fully saturated rings. The number of carboxylic acid groups (broad SMARTS) is 1. The Morgan fingerprint density at radius 3 is 2.74 bits per heavy atom. The van der Waals surface area contributed by atoms with Gasteiger partial charge in [0.2, 0.25) is 0 Å². The van der Waals surface area contributed by atoms with Crippen LogP contribution in [0.3, 0.4) is 0 Å². The highest BCUT2D eigenvalue weighted by molar-refractivity contribution is 5.76. The first-order valence-electron chi connectivity index (χ1n) is 5.58. The van der Waals surface area contributed by atoms with Crippen LogP contribution in [-0.2, 0) is 11.3 Å². The molecular formula is C12H16N2O5. The predicted octanol–water partition coefficient (Wildman–Crippen LogP) is -0.0601. The summed E-state index contributed by atoms with van der Waals surface area (Å²) in [5, 5.41) is 22.2. The summed E-state index contributed by atoms with van der Waals surface area (Å²) in [6, 6.07) is 6.61. The molecule has 0 saturated heterocycles. The Hall–Kier alpha value is -2.28. The highest BCUT2D eigenvalue weighted by atomic mass is 16.5. The van der Waals surface area contributed by atoms with E-state index < -0.39 is 18.1 Å². The molecule has 7 heteroatoms. The number of hydrogen-bond donors (Lipinski definition) is 4. The Balaban J connectivity index is 2.35. The average molecular weight is 268 g/mol. The number of rotatable bonds is 6. The van der Waals surface area contributed by atoms with Gasteiger partial charge >= 0.3 is 12.0 Å². The maximum absolute atomic E-state index is 11.3. The molecule has 0 spiro atoms. The van der Waals surface area contributed by atoms with Crippen molar-refractivity contribution in [2.45, 2.75) is 12.6 Å². The number of nitrogens with one attached hydrogen (secondary N) is 2. The fourth-order valence-corrected chi connectivity index (χ4v) is 1.30. The number of aliphatic hydroxyl groups excluding tert-OH is 1. The topological polar surface area (TPSA) is 108 Å². The summed E-state index contributed by atoms with van der Waals surface area (Å²) in [6.07, 6.45) is -1.61. The summed E-state index contributed by atoms with van der Waals surface area (Å²) in [5.74, 6) is -0.700. The highest BCUT2D eigenvalue weighted by Crippen LogP contribution is 2.11. The number of carboxylic acids is 1. The van der Waals surface area contributed by atoms with Crippen molar-refractivity contribution >= 4 is 12.0 Å². The molecule has 0 aromatic heterocycles. The first kappa shape index (κ1) is 14.8. The number of methoxy groups -OCH3 is 1. The van der Waals surface area contributed by atoms with Crippen molar-refractivity contribution in [1.82, 2.24) is 10.6 Å². The fourth-order valence-electron chi connectivity index (χ4n) is 1.30. The van der Waals surface area contributed by atoms with Crippen molar-refractivity contribution in [3.8, 4) is 5.75 Å². The smallest absolute Gasteiger partial charge is 0.334 e. The van der Waals surface area contributed by atoms with E-state index >= 15 is 0 Å². The summed E-state index contributed by atoms with van der Waals surface area (Å²) in [7, 11) is 1.55. The lowest BCUT2D eigenvalue weighted by Gasteiger charge is -2.10. The molecule has 0 radical (unpaired) electrons. The molecule has 1 atom stereocenters. The van der Waals surface area contributed by atoms with Crippen LogP contribution in [0.25, 0.3) is 0 Å². The molecule has 1 aromatic rings. The number of ether oxygens (including phenoxy) is 1. The monoisotopic (exact) mass is 268 g/mol.